The van der Waals surface area contributed by atoms with Gasteiger partial charge in [-0.15, -0.1) is 0 Å². The first-order chi connectivity index (χ1) is 9.13. The standard InChI is InChI=1S/C11H13N3O5/c1-18-6-7-19-11(15)13-12-8-9-2-4-10(5-3-9)14(16)17/h2-5,8H,6-7H2,1H3,(H,13,15)/b12-8+. The van der Waals surface area contributed by atoms with Crippen LogP contribution in [0.2, 0.25) is 0 Å². The molecule has 1 N–H and O–H groups in total. The number of amides is 1. The predicted octanol–water partition coefficient (Wildman–Crippen LogP) is 1.30. The zero-order valence-corrected chi connectivity index (χ0v) is 10.2. The minimum absolute atomic E-state index is 0.0101. The topological polar surface area (TPSA) is 103 Å². The molecule has 0 aliphatic rings. The molecule has 0 saturated heterocycles. The van der Waals surface area contributed by atoms with Gasteiger partial charge in [-0.05, 0) is 17.7 Å². The van der Waals surface area contributed by atoms with E-state index in [4.69, 9.17) is 9.47 Å². The Morgan fingerprint density at radius 2 is 2.11 bits per heavy atom. The molecule has 0 atom stereocenters. The summed E-state index contributed by atoms with van der Waals surface area (Å²) in [6.07, 6.45) is 0.650. The number of nitrogens with one attached hydrogen (secondary N) is 1. The fourth-order valence-electron chi connectivity index (χ4n) is 1.09. The molecule has 1 aromatic rings. The number of nitrogens with zero attached hydrogens (tertiary/aromatic N) is 2. The summed E-state index contributed by atoms with van der Waals surface area (Å²) in [7, 11) is 1.49. The molecule has 0 heterocycles. The number of non-ortho nitro benzene ring substituents is 1. The Hall–Kier alpha value is -2.48. The van der Waals surface area contributed by atoms with Gasteiger partial charge in [0, 0.05) is 19.2 Å². The normalized spacial score (nSPS) is 10.4. The lowest BCUT2D eigenvalue weighted by Crippen LogP contribution is -2.20. The van der Waals surface area contributed by atoms with E-state index in [1.165, 1.54) is 37.6 Å². The van der Waals surface area contributed by atoms with Crippen LogP contribution in [-0.4, -0.2) is 37.6 Å². The third kappa shape index (κ3) is 5.59. The van der Waals surface area contributed by atoms with E-state index in [1.54, 1.807) is 0 Å². The van der Waals surface area contributed by atoms with Gasteiger partial charge >= 0.3 is 6.09 Å². The van der Waals surface area contributed by atoms with Crippen molar-refractivity contribution in [2.45, 2.75) is 0 Å². The molecule has 8 heteroatoms. The van der Waals surface area contributed by atoms with Gasteiger partial charge in [0.1, 0.15) is 6.61 Å². The molecule has 0 aliphatic heterocycles. The number of hydrazone groups is 1. The van der Waals surface area contributed by atoms with Crippen LogP contribution in [0.15, 0.2) is 29.4 Å². The summed E-state index contributed by atoms with van der Waals surface area (Å²) in [5, 5.41) is 14.1. The lowest BCUT2D eigenvalue weighted by atomic mass is 10.2. The monoisotopic (exact) mass is 267 g/mol. The molecule has 102 valence electrons. The molecule has 0 unspecified atom stereocenters. The second-order valence-electron chi connectivity index (χ2n) is 3.35. The lowest BCUT2D eigenvalue weighted by molar-refractivity contribution is -0.384. The zero-order chi connectivity index (χ0) is 14.1. The Labute approximate surface area is 109 Å². The van der Waals surface area contributed by atoms with E-state index in [1.807, 2.05) is 0 Å². The molecular weight excluding hydrogens is 254 g/mol. The Kier molecular flexibility index (Phi) is 5.96. The fourth-order valence-corrected chi connectivity index (χ4v) is 1.09. The van der Waals surface area contributed by atoms with Gasteiger partial charge in [0.15, 0.2) is 0 Å². The van der Waals surface area contributed by atoms with E-state index in [0.717, 1.165) is 0 Å². The van der Waals surface area contributed by atoms with E-state index < -0.39 is 11.0 Å². The number of carbonyl (C=O) groups is 1. The minimum atomic E-state index is -0.699. The number of hydrogen-bond donors (Lipinski definition) is 1. The lowest BCUT2D eigenvalue weighted by Gasteiger charge is -2.01. The molecule has 1 amide bonds. The maximum atomic E-state index is 11.1. The summed E-state index contributed by atoms with van der Waals surface area (Å²) in [6.45, 7) is 0.439. The van der Waals surface area contributed by atoms with Crippen LogP contribution in [0, 0.1) is 10.1 Å². The van der Waals surface area contributed by atoms with Crippen LogP contribution >= 0.6 is 0 Å². The number of benzene rings is 1. The number of hydrogen-bond acceptors (Lipinski definition) is 6. The summed E-state index contributed by atoms with van der Waals surface area (Å²) in [4.78, 5) is 21.0. The Balaban J connectivity index is 2.40. The average molecular weight is 267 g/mol. The molecule has 0 saturated carbocycles. The van der Waals surface area contributed by atoms with Crippen molar-refractivity contribution >= 4 is 18.0 Å². The number of methoxy groups -OCH3 is 1. The number of ether oxygens (including phenoxy) is 2. The summed E-state index contributed by atoms with van der Waals surface area (Å²) in [6, 6.07) is 5.72. The van der Waals surface area contributed by atoms with Gasteiger partial charge in [0.2, 0.25) is 0 Å². The third-order valence-electron chi connectivity index (χ3n) is 1.99. The molecule has 1 rings (SSSR count). The number of nitro benzene ring substituents is 1. The summed E-state index contributed by atoms with van der Waals surface area (Å²) in [5.41, 5.74) is 2.75. The van der Waals surface area contributed by atoms with E-state index in [0.29, 0.717) is 12.2 Å². The van der Waals surface area contributed by atoms with Crippen LogP contribution < -0.4 is 5.43 Å². The van der Waals surface area contributed by atoms with Gasteiger partial charge in [-0.1, -0.05) is 0 Å². The Morgan fingerprint density at radius 1 is 1.42 bits per heavy atom. The van der Waals surface area contributed by atoms with Gasteiger partial charge in [0.05, 0.1) is 17.7 Å². The molecule has 8 nitrogen and oxygen atoms in total. The van der Waals surface area contributed by atoms with E-state index in [9.17, 15) is 14.9 Å². The van der Waals surface area contributed by atoms with Gasteiger partial charge in [-0.3, -0.25) is 10.1 Å². The number of carbonyl (C=O) groups excluding carboxylic acids is 1. The van der Waals surface area contributed by atoms with Crippen molar-refractivity contribution < 1.29 is 19.2 Å². The molecule has 0 aliphatic carbocycles. The molecule has 0 spiro atoms. The van der Waals surface area contributed by atoms with Crippen LogP contribution in [0.1, 0.15) is 5.56 Å². The molecule has 0 radical (unpaired) electrons. The summed E-state index contributed by atoms with van der Waals surface area (Å²) in [5.74, 6) is 0. The van der Waals surface area contributed by atoms with Crippen molar-refractivity contribution in [2.24, 2.45) is 5.10 Å². The number of rotatable bonds is 6. The maximum Gasteiger partial charge on any atom is 0.427 e. The van der Waals surface area contributed by atoms with Crippen LogP contribution in [0.25, 0.3) is 0 Å². The minimum Gasteiger partial charge on any atom is -0.446 e. The average Bonchev–Trinajstić information content (AvgIpc) is 2.39. The largest absolute Gasteiger partial charge is 0.446 e. The second-order valence-corrected chi connectivity index (χ2v) is 3.35. The quantitative estimate of drug-likeness (QED) is 0.362. The van der Waals surface area contributed by atoms with Gasteiger partial charge < -0.3 is 9.47 Å². The van der Waals surface area contributed by atoms with Crippen LogP contribution in [0.3, 0.4) is 0 Å². The first-order valence-electron chi connectivity index (χ1n) is 5.32. The van der Waals surface area contributed by atoms with E-state index in [-0.39, 0.29) is 12.3 Å². The highest BCUT2D eigenvalue weighted by Gasteiger charge is 2.02. The van der Waals surface area contributed by atoms with Crippen LogP contribution in [0.5, 0.6) is 0 Å². The first-order valence-corrected chi connectivity index (χ1v) is 5.32. The summed E-state index contributed by atoms with van der Waals surface area (Å²) >= 11 is 0. The van der Waals surface area contributed by atoms with Crippen molar-refractivity contribution in [1.29, 1.82) is 0 Å². The van der Waals surface area contributed by atoms with Crippen molar-refractivity contribution in [3.63, 3.8) is 0 Å². The van der Waals surface area contributed by atoms with E-state index in [2.05, 4.69) is 10.5 Å². The van der Waals surface area contributed by atoms with Crippen LogP contribution in [-0.2, 0) is 9.47 Å². The second kappa shape index (κ2) is 7.77. The SMILES string of the molecule is COCCOC(=O)N/N=C/c1ccc([N+](=O)[O-])cc1. The van der Waals surface area contributed by atoms with E-state index >= 15 is 0 Å². The Morgan fingerprint density at radius 3 is 2.68 bits per heavy atom. The molecule has 0 bridgehead atoms. The van der Waals surface area contributed by atoms with Crippen molar-refractivity contribution in [3.8, 4) is 0 Å². The van der Waals surface area contributed by atoms with Crippen molar-refractivity contribution in [2.75, 3.05) is 20.3 Å². The van der Waals surface area contributed by atoms with Gasteiger partial charge in [-0.2, -0.15) is 5.10 Å². The number of nitro groups is 1. The molecule has 19 heavy (non-hydrogen) atoms. The summed E-state index contributed by atoms with van der Waals surface area (Å²) < 4.78 is 9.39. The highest BCUT2D eigenvalue weighted by atomic mass is 16.6. The van der Waals surface area contributed by atoms with Crippen molar-refractivity contribution in [3.05, 3.63) is 39.9 Å². The Bertz CT molecular complexity index is 458. The van der Waals surface area contributed by atoms with Crippen LogP contribution in [0.4, 0.5) is 10.5 Å². The first kappa shape index (κ1) is 14.6. The molecule has 0 fully saturated rings. The molecule has 0 aromatic heterocycles. The van der Waals surface area contributed by atoms with Gasteiger partial charge in [0.25, 0.3) is 5.69 Å². The highest BCUT2D eigenvalue weighted by Crippen LogP contribution is 2.10. The fraction of sp³-hybridized carbons (Fsp3) is 0.273. The smallest absolute Gasteiger partial charge is 0.427 e. The zero-order valence-electron chi connectivity index (χ0n) is 10.2. The molecule has 1 aromatic carbocycles. The third-order valence-corrected chi connectivity index (χ3v) is 1.99. The maximum absolute atomic E-state index is 11.1. The highest BCUT2D eigenvalue weighted by molar-refractivity contribution is 5.81. The predicted molar refractivity (Wildman–Crippen MR) is 67.1 cm³/mol. The van der Waals surface area contributed by atoms with Gasteiger partial charge in [-0.25, -0.2) is 10.2 Å². The molecular formula is C11H13N3O5. The van der Waals surface area contributed by atoms with Crippen molar-refractivity contribution in [1.82, 2.24) is 5.43 Å².